The largest absolute Gasteiger partial charge is 0.301 e. The molecular formula is C16H22FN3. The molecule has 0 spiro atoms. The molecule has 4 heteroatoms. The van der Waals surface area contributed by atoms with Gasteiger partial charge in [0.2, 0.25) is 0 Å². The minimum absolute atomic E-state index is 0.0200. The Bertz CT molecular complexity index is 526. The van der Waals surface area contributed by atoms with Crippen LogP contribution in [0.2, 0.25) is 0 Å². The van der Waals surface area contributed by atoms with Crippen LogP contribution >= 0.6 is 0 Å². The zero-order valence-corrected chi connectivity index (χ0v) is 12.4. The molecule has 0 amide bonds. The quantitative estimate of drug-likeness (QED) is 0.886. The summed E-state index contributed by atoms with van der Waals surface area (Å²) in [5.74, 6) is -0.206. The summed E-state index contributed by atoms with van der Waals surface area (Å²) in [6, 6.07) is 8.94. The summed E-state index contributed by atoms with van der Waals surface area (Å²) in [6.07, 6.45) is 1.75. The fourth-order valence-corrected chi connectivity index (χ4v) is 2.35. The summed E-state index contributed by atoms with van der Waals surface area (Å²) in [4.78, 5) is 0. The Morgan fingerprint density at radius 3 is 2.30 bits per heavy atom. The van der Waals surface area contributed by atoms with Crippen LogP contribution in [-0.2, 0) is 0 Å². The van der Waals surface area contributed by atoms with Crippen molar-refractivity contribution < 1.29 is 4.39 Å². The summed E-state index contributed by atoms with van der Waals surface area (Å²) >= 11 is 0. The first-order valence-corrected chi connectivity index (χ1v) is 6.88. The number of H-pyrrole nitrogens is 1. The minimum atomic E-state index is -0.206. The van der Waals surface area contributed by atoms with Crippen molar-refractivity contribution in [3.8, 4) is 0 Å². The number of rotatable bonds is 4. The molecule has 0 bridgehead atoms. The standard InChI is InChI=1S/C16H22FN3/c1-11(14-9-10-18-20-14)19-15(16(2,3)4)12-5-7-13(17)8-6-12/h5-11,15,19H,1-4H3,(H,18,20). The Labute approximate surface area is 119 Å². The van der Waals surface area contributed by atoms with Gasteiger partial charge in [0.1, 0.15) is 5.82 Å². The van der Waals surface area contributed by atoms with Gasteiger partial charge < -0.3 is 5.32 Å². The number of aromatic nitrogens is 2. The average Bonchev–Trinajstić information content (AvgIpc) is 2.89. The van der Waals surface area contributed by atoms with Gasteiger partial charge in [-0.2, -0.15) is 5.10 Å². The maximum atomic E-state index is 13.1. The molecule has 0 saturated heterocycles. The van der Waals surface area contributed by atoms with E-state index < -0.39 is 0 Å². The average molecular weight is 275 g/mol. The number of hydrogen-bond acceptors (Lipinski definition) is 2. The number of nitrogens with zero attached hydrogens (tertiary/aromatic N) is 1. The summed E-state index contributed by atoms with van der Waals surface area (Å²) in [7, 11) is 0. The Hall–Kier alpha value is -1.68. The van der Waals surface area contributed by atoms with Gasteiger partial charge in [-0.1, -0.05) is 32.9 Å². The summed E-state index contributed by atoms with van der Waals surface area (Å²) < 4.78 is 13.1. The fraction of sp³-hybridized carbons (Fsp3) is 0.438. The van der Waals surface area contributed by atoms with Crippen molar-refractivity contribution in [2.75, 3.05) is 0 Å². The first kappa shape index (κ1) is 14.7. The van der Waals surface area contributed by atoms with E-state index in [9.17, 15) is 4.39 Å². The van der Waals surface area contributed by atoms with Crippen LogP contribution < -0.4 is 5.32 Å². The van der Waals surface area contributed by atoms with Gasteiger partial charge in [0.15, 0.2) is 0 Å². The molecule has 0 aliphatic carbocycles. The van der Waals surface area contributed by atoms with Crippen LogP contribution in [0.4, 0.5) is 4.39 Å². The molecule has 0 aliphatic heterocycles. The zero-order valence-electron chi connectivity index (χ0n) is 12.4. The molecule has 0 saturated carbocycles. The second-order valence-corrected chi connectivity index (χ2v) is 6.25. The Morgan fingerprint density at radius 2 is 1.80 bits per heavy atom. The van der Waals surface area contributed by atoms with Crippen LogP contribution in [0.5, 0.6) is 0 Å². The van der Waals surface area contributed by atoms with Gasteiger partial charge in [-0.3, -0.25) is 5.10 Å². The topological polar surface area (TPSA) is 40.7 Å². The molecule has 3 nitrogen and oxygen atoms in total. The number of aromatic amines is 1. The highest BCUT2D eigenvalue weighted by molar-refractivity contribution is 5.22. The van der Waals surface area contributed by atoms with Gasteiger partial charge in [0.05, 0.1) is 5.69 Å². The molecule has 108 valence electrons. The second kappa shape index (κ2) is 5.75. The van der Waals surface area contributed by atoms with Gasteiger partial charge in [-0.15, -0.1) is 0 Å². The molecule has 2 rings (SSSR count). The van der Waals surface area contributed by atoms with E-state index in [-0.39, 0.29) is 23.3 Å². The summed E-state index contributed by atoms with van der Waals surface area (Å²) in [5, 5.41) is 10.6. The van der Waals surface area contributed by atoms with E-state index >= 15 is 0 Å². The molecule has 2 atom stereocenters. The Kier molecular flexibility index (Phi) is 4.23. The lowest BCUT2D eigenvalue weighted by Crippen LogP contribution is -2.34. The van der Waals surface area contributed by atoms with E-state index in [1.807, 2.05) is 18.2 Å². The molecule has 20 heavy (non-hydrogen) atoms. The molecule has 0 fully saturated rings. The number of hydrogen-bond donors (Lipinski definition) is 2. The van der Waals surface area contributed by atoms with Crippen molar-refractivity contribution in [1.29, 1.82) is 0 Å². The van der Waals surface area contributed by atoms with Crippen LogP contribution in [0.15, 0.2) is 36.5 Å². The molecule has 1 heterocycles. The molecular weight excluding hydrogens is 253 g/mol. The SMILES string of the molecule is CC(NC(c1ccc(F)cc1)C(C)(C)C)c1ccn[nH]1. The van der Waals surface area contributed by atoms with Crippen molar-refractivity contribution in [2.45, 2.75) is 39.8 Å². The maximum Gasteiger partial charge on any atom is 0.123 e. The lowest BCUT2D eigenvalue weighted by Gasteiger charge is -2.34. The summed E-state index contributed by atoms with van der Waals surface area (Å²) in [5.41, 5.74) is 2.15. The normalized spacial score (nSPS) is 15.1. The molecule has 2 aromatic rings. The van der Waals surface area contributed by atoms with Crippen LogP contribution in [0.1, 0.15) is 51.0 Å². The lowest BCUT2D eigenvalue weighted by molar-refractivity contribution is 0.252. The monoisotopic (exact) mass is 275 g/mol. The van der Waals surface area contributed by atoms with E-state index in [0.717, 1.165) is 11.3 Å². The number of benzene rings is 1. The van der Waals surface area contributed by atoms with Crippen molar-refractivity contribution >= 4 is 0 Å². The first-order chi connectivity index (χ1) is 9.38. The van der Waals surface area contributed by atoms with Crippen molar-refractivity contribution in [1.82, 2.24) is 15.5 Å². The van der Waals surface area contributed by atoms with Gasteiger partial charge in [0, 0.05) is 18.3 Å². The third-order valence-electron chi connectivity index (χ3n) is 3.47. The number of nitrogens with one attached hydrogen (secondary N) is 2. The molecule has 0 aliphatic rings. The van der Waals surface area contributed by atoms with Gasteiger partial charge in [-0.25, -0.2) is 4.39 Å². The highest BCUT2D eigenvalue weighted by atomic mass is 19.1. The van der Waals surface area contributed by atoms with Crippen LogP contribution in [0, 0.1) is 11.2 Å². The third kappa shape index (κ3) is 3.45. The zero-order chi connectivity index (χ0) is 14.8. The highest BCUT2D eigenvalue weighted by Crippen LogP contribution is 2.34. The molecule has 2 N–H and O–H groups in total. The van der Waals surface area contributed by atoms with E-state index in [4.69, 9.17) is 0 Å². The Morgan fingerprint density at radius 1 is 1.15 bits per heavy atom. The van der Waals surface area contributed by atoms with E-state index in [0.29, 0.717) is 0 Å². The van der Waals surface area contributed by atoms with Crippen molar-refractivity contribution in [3.63, 3.8) is 0 Å². The van der Waals surface area contributed by atoms with Gasteiger partial charge in [0.25, 0.3) is 0 Å². The van der Waals surface area contributed by atoms with E-state index in [2.05, 4.69) is 43.2 Å². The third-order valence-corrected chi connectivity index (χ3v) is 3.47. The molecule has 2 unspecified atom stereocenters. The fourth-order valence-electron chi connectivity index (χ4n) is 2.35. The lowest BCUT2D eigenvalue weighted by atomic mass is 9.82. The maximum absolute atomic E-state index is 13.1. The van der Waals surface area contributed by atoms with Crippen LogP contribution in [-0.4, -0.2) is 10.2 Å². The Balaban J connectivity index is 2.22. The van der Waals surface area contributed by atoms with Crippen molar-refractivity contribution in [3.05, 3.63) is 53.6 Å². The second-order valence-electron chi connectivity index (χ2n) is 6.25. The van der Waals surface area contributed by atoms with Gasteiger partial charge >= 0.3 is 0 Å². The predicted octanol–water partition coefficient (Wildman–Crippen LogP) is 3.99. The van der Waals surface area contributed by atoms with Crippen LogP contribution in [0.3, 0.4) is 0 Å². The molecule has 1 aromatic heterocycles. The van der Waals surface area contributed by atoms with E-state index in [1.165, 1.54) is 12.1 Å². The molecule has 1 aromatic carbocycles. The van der Waals surface area contributed by atoms with E-state index in [1.54, 1.807) is 6.20 Å². The molecule has 0 radical (unpaired) electrons. The summed E-state index contributed by atoms with van der Waals surface area (Å²) in [6.45, 7) is 8.62. The smallest absolute Gasteiger partial charge is 0.123 e. The minimum Gasteiger partial charge on any atom is -0.301 e. The predicted molar refractivity (Wildman–Crippen MR) is 78.7 cm³/mol. The number of halogens is 1. The van der Waals surface area contributed by atoms with Crippen molar-refractivity contribution in [2.24, 2.45) is 5.41 Å². The van der Waals surface area contributed by atoms with Gasteiger partial charge in [-0.05, 0) is 36.1 Å². The van der Waals surface area contributed by atoms with Crippen LogP contribution in [0.25, 0.3) is 0 Å². The highest BCUT2D eigenvalue weighted by Gasteiger charge is 2.28. The first-order valence-electron chi connectivity index (χ1n) is 6.88.